The summed E-state index contributed by atoms with van der Waals surface area (Å²) in [5.74, 6) is 1.65. The maximum absolute atomic E-state index is 4.69. The summed E-state index contributed by atoms with van der Waals surface area (Å²) in [6.45, 7) is 2.11. The second-order valence-electron chi connectivity index (χ2n) is 10.4. The van der Waals surface area contributed by atoms with Gasteiger partial charge in [-0.1, -0.05) is 54.6 Å². The summed E-state index contributed by atoms with van der Waals surface area (Å²) < 4.78 is 0. The first-order chi connectivity index (χ1) is 20.8. The molecule has 0 aliphatic carbocycles. The zero-order valence-corrected chi connectivity index (χ0v) is 23.2. The van der Waals surface area contributed by atoms with Gasteiger partial charge in [0.25, 0.3) is 0 Å². The van der Waals surface area contributed by atoms with Gasteiger partial charge in [0.15, 0.2) is 0 Å². The van der Waals surface area contributed by atoms with Crippen LogP contribution in [0.15, 0.2) is 91.4 Å². The molecule has 0 amide bonds. The molecule has 7 aromatic rings. The van der Waals surface area contributed by atoms with Crippen LogP contribution in [0.3, 0.4) is 0 Å². The first kappa shape index (κ1) is 25.6. The standard InChI is InChI=1S/C33H33N9/c1-4-10-28-25(7-1)22(19-37-28)13-16-34-31-40-32(35-17-14-23-20-38-29-11-5-2-8-26(23)29)42-33(41-31)36-18-15-24-21-39-30-12-6-3-9-27(24)30/h1-12,19-21,37-39H,13-18H2,(H3,34,35,36,40,41,42). The molecule has 3 aromatic carbocycles. The van der Waals surface area contributed by atoms with Gasteiger partial charge in [-0.2, -0.15) is 15.0 Å². The third-order valence-electron chi connectivity index (χ3n) is 7.69. The Morgan fingerprint density at radius 2 is 0.738 bits per heavy atom. The number of nitrogens with zero attached hydrogens (tertiary/aromatic N) is 3. The highest BCUT2D eigenvalue weighted by atomic mass is 15.3. The number of anilines is 3. The van der Waals surface area contributed by atoms with E-state index in [0.29, 0.717) is 37.5 Å². The monoisotopic (exact) mass is 555 g/mol. The third kappa shape index (κ3) is 5.49. The normalized spacial score (nSPS) is 11.4. The first-order valence-electron chi connectivity index (χ1n) is 14.4. The summed E-state index contributed by atoms with van der Waals surface area (Å²) in [4.78, 5) is 24.1. The molecule has 0 saturated carbocycles. The van der Waals surface area contributed by atoms with Crippen LogP contribution in [0.2, 0.25) is 0 Å². The topological polar surface area (TPSA) is 122 Å². The molecule has 42 heavy (non-hydrogen) atoms. The second kappa shape index (κ2) is 11.7. The zero-order chi connectivity index (χ0) is 28.1. The van der Waals surface area contributed by atoms with E-state index in [9.17, 15) is 0 Å². The van der Waals surface area contributed by atoms with Gasteiger partial charge in [0.1, 0.15) is 0 Å². The number of para-hydroxylation sites is 3. The lowest BCUT2D eigenvalue weighted by molar-refractivity contribution is 0.927. The molecule has 0 spiro atoms. The Labute approximate surface area is 243 Å². The Balaban J connectivity index is 1.03. The molecule has 4 aromatic heterocycles. The van der Waals surface area contributed by atoms with Gasteiger partial charge in [0.05, 0.1) is 0 Å². The van der Waals surface area contributed by atoms with Crippen molar-refractivity contribution in [3.8, 4) is 0 Å². The van der Waals surface area contributed by atoms with E-state index in [4.69, 9.17) is 0 Å². The average molecular weight is 556 g/mol. The molecule has 210 valence electrons. The number of aromatic amines is 3. The van der Waals surface area contributed by atoms with E-state index < -0.39 is 0 Å². The van der Waals surface area contributed by atoms with Crippen molar-refractivity contribution in [1.29, 1.82) is 0 Å². The Kier molecular flexibility index (Phi) is 7.12. The van der Waals surface area contributed by atoms with Crippen LogP contribution in [0, 0.1) is 0 Å². The quantitative estimate of drug-likeness (QED) is 0.106. The fraction of sp³-hybridized carbons (Fsp3) is 0.182. The Hall–Kier alpha value is -5.31. The van der Waals surface area contributed by atoms with Crippen molar-refractivity contribution >= 4 is 50.6 Å². The average Bonchev–Trinajstić information content (AvgIpc) is 3.75. The van der Waals surface area contributed by atoms with Gasteiger partial charge in [-0.05, 0) is 54.2 Å². The molecule has 0 radical (unpaired) electrons. The summed E-state index contributed by atoms with van der Waals surface area (Å²) >= 11 is 0. The summed E-state index contributed by atoms with van der Waals surface area (Å²) in [5, 5.41) is 14.0. The molecule has 0 fully saturated rings. The van der Waals surface area contributed by atoms with Gasteiger partial charge >= 0.3 is 0 Å². The van der Waals surface area contributed by atoms with Crippen molar-refractivity contribution in [2.75, 3.05) is 35.6 Å². The number of fused-ring (bicyclic) bond motifs is 3. The lowest BCUT2D eigenvalue weighted by atomic mass is 10.1. The van der Waals surface area contributed by atoms with E-state index in [2.05, 4.69) is 119 Å². The third-order valence-corrected chi connectivity index (χ3v) is 7.69. The molecular formula is C33H33N9. The molecular weight excluding hydrogens is 522 g/mol. The van der Waals surface area contributed by atoms with Crippen LogP contribution < -0.4 is 16.0 Å². The molecule has 0 unspecified atom stereocenters. The van der Waals surface area contributed by atoms with Gasteiger partial charge < -0.3 is 30.9 Å². The number of hydrogen-bond donors (Lipinski definition) is 6. The highest BCUT2D eigenvalue weighted by Crippen LogP contribution is 2.21. The number of hydrogen-bond acceptors (Lipinski definition) is 6. The fourth-order valence-electron chi connectivity index (χ4n) is 5.56. The molecule has 0 aliphatic rings. The van der Waals surface area contributed by atoms with Crippen molar-refractivity contribution in [1.82, 2.24) is 29.9 Å². The minimum atomic E-state index is 0.550. The van der Waals surface area contributed by atoms with Crippen LogP contribution >= 0.6 is 0 Å². The van der Waals surface area contributed by atoms with Crippen molar-refractivity contribution < 1.29 is 0 Å². The summed E-state index contributed by atoms with van der Waals surface area (Å²) in [5.41, 5.74) is 7.24. The zero-order valence-electron chi connectivity index (χ0n) is 23.2. The maximum atomic E-state index is 4.69. The highest BCUT2D eigenvalue weighted by Gasteiger charge is 2.10. The van der Waals surface area contributed by atoms with Crippen molar-refractivity contribution in [2.45, 2.75) is 19.3 Å². The highest BCUT2D eigenvalue weighted by molar-refractivity contribution is 5.84. The van der Waals surface area contributed by atoms with E-state index in [-0.39, 0.29) is 0 Å². The van der Waals surface area contributed by atoms with Gasteiger partial charge in [-0.25, -0.2) is 0 Å². The van der Waals surface area contributed by atoms with Crippen LogP contribution in [0.1, 0.15) is 16.7 Å². The molecule has 0 aliphatic heterocycles. The van der Waals surface area contributed by atoms with Gasteiger partial charge in [-0.3, -0.25) is 0 Å². The second-order valence-corrected chi connectivity index (χ2v) is 10.4. The molecule has 6 N–H and O–H groups in total. The lowest BCUT2D eigenvalue weighted by Crippen LogP contribution is -2.16. The molecule has 9 nitrogen and oxygen atoms in total. The van der Waals surface area contributed by atoms with Crippen LogP contribution in [0.25, 0.3) is 32.7 Å². The largest absolute Gasteiger partial charge is 0.361 e. The number of aromatic nitrogens is 6. The van der Waals surface area contributed by atoms with Crippen LogP contribution in [-0.4, -0.2) is 49.5 Å². The maximum Gasteiger partial charge on any atom is 0.229 e. The van der Waals surface area contributed by atoms with Gasteiger partial charge in [-0.15, -0.1) is 0 Å². The summed E-state index contributed by atoms with van der Waals surface area (Å²) in [6.07, 6.45) is 8.78. The number of nitrogens with one attached hydrogen (secondary N) is 6. The SMILES string of the molecule is c1ccc2c(CCNc3nc(NCCc4c[nH]c5ccccc45)nc(NCCc4c[nH]c5ccccc45)n3)c[nH]c2c1. The van der Waals surface area contributed by atoms with E-state index in [1.54, 1.807) is 0 Å². The molecule has 4 heterocycles. The summed E-state index contributed by atoms with van der Waals surface area (Å²) in [6, 6.07) is 25.1. The molecule has 7 rings (SSSR count). The van der Waals surface area contributed by atoms with Gasteiger partial charge in [0, 0.05) is 70.9 Å². The first-order valence-corrected chi connectivity index (χ1v) is 14.4. The Morgan fingerprint density at radius 1 is 0.429 bits per heavy atom. The minimum absolute atomic E-state index is 0.550. The van der Waals surface area contributed by atoms with E-state index in [0.717, 1.165) is 35.8 Å². The Morgan fingerprint density at radius 3 is 1.07 bits per heavy atom. The van der Waals surface area contributed by atoms with Crippen LogP contribution in [0.5, 0.6) is 0 Å². The number of H-pyrrole nitrogens is 3. The number of rotatable bonds is 12. The number of benzene rings is 3. The summed E-state index contributed by atoms with van der Waals surface area (Å²) in [7, 11) is 0. The molecule has 0 saturated heterocycles. The molecule has 0 bridgehead atoms. The molecule has 9 heteroatoms. The van der Waals surface area contributed by atoms with E-state index in [1.165, 1.54) is 32.8 Å². The Bertz CT molecular complexity index is 1710. The lowest BCUT2D eigenvalue weighted by Gasteiger charge is -2.11. The fourth-order valence-corrected chi connectivity index (χ4v) is 5.56. The predicted octanol–water partition coefficient (Wildman–Crippen LogP) is 6.28. The van der Waals surface area contributed by atoms with Crippen molar-refractivity contribution in [3.63, 3.8) is 0 Å². The van der Waals surface area contributed by atoms with E-state index in [1.807, 2.05) is 18.2 Å². The van der Waals surface area contributed by atoms with Gasteiger partial charge in [0.2, 0.25) is 17.8 Å². The van der Waals surface area contributed by atoms with Crippen molar-refractivity contribution in [3.05, 3.63) is 108 Å². The predicted molar refractivity (Wildman–Crippen MR) is 171 cm³/mol. The van der Waals surface area contributed by atoms with Crippen LogP contribution in [-0.2, 0) is 19.3 Å². The van der Waals surface area contributed by atoms with Crippen molar-refractivity contribution in [2.24, 2.45) is 0 Å². The smallest absolute Gasteiger partial charge is 0.229 e. The van der Waals surface area contributed by atoms with E-state index >= 15 is 0 Å². The molecule has 0 atom stereocenters. The minimum Gasteiger partial charge on any atom is -0.361 e. The van der Waals surface area contributed by atoms with Crippen LogP contribution in [0.4, 0.5) is 17.8 Å².